The molecule has 0 aromatic heterocycles. The van der Waals surface area contributed by atoms with Crippen LogP contribution in [0, 0.1) is 5.82 Å². The monoisotopic (exact) mass is 347 g/mol. The van der Waals surface area contributed by atoms with Crippen LogP contribution >= 0.6 is 0 Å². The van der Waals surface area contributed by atoms with Gasteiger partial charge >= 0.3 is 0 Å². The highest BCUT2D eigenvalue weighted by Crippen LogP contribution is 2.29. The predicted octanol–water partition coefficient (Wildman–Crippen LogP) is 3.67. The summed E-state index contributed by atoms with van der Waals surface area (Å²) in [6, 6.07) is 12.3. The van der Waals surface area contributed by atoms with Gasteiger partial charge in [0.1, 0.15) is 12.4 Å². The minimum atomic E-state index is -0.275. The van der Waals surface area contributed by atoms with E-state index in [9.17, 15) is 4.39 Å². The Morgan fingerprint density at radius 2 is 1.88 bits per heavy atom. The molecular weight excluding hydrogens is 321 g/mol. The molecule has 0 saturated carbocycles. The summed E-state index contributed by atoms with van der Waals surface area (Å²) < 4.78 is 24.8. The van der Waals surface area contributed by atoms with Gasteiger partial charge in [-0.15, -0.1) is 0 Å². The van der Waals surface area contributed by atoms with Crippen LogP contribution in [0.3, 0.4) is 0 Å². The normalized spacial score (nSPS) is 10.7. The number of methoxy groups -OCH3 is 1. The van der Waals surface area contributed by atoms with E-state index in [0.717, 1.165) is 37.9 Å². The van der Waals surface area contributed by atoms with Crippen LogP contribution in [0.1, 0.15) is 30.4 Å². The summed E-state index contributed by atoms with van der Waals surface area (Å²) in [6.07, 6.45) is 2.92. The van der Waals surface area contributed by atoms with Gasteiger partial charge in [-0.05, 0) is 49.6 Å². The van der Waals surface area contributed by atoms with Crippen LogP contribution in [0.4, 0.5) is 4.39 Å². The molecule has 0 heterocycles. The van der Waals surface area contributed by atoms with E-state index in [1.807, 2.05) is 18.2 Å². The number of ether oxygens (including phenoxy) is 2. The van der Waals surface area contributed by atoms with Crippen LogP contribution in [0.5, 0.6) is 11.5 Å². The zero-order valence-corrected chi connectivity index (χ0v) is 14.6. The van der Waals surface area contributed by atoms with Gasteiger partial charge in [0.25, 0.3) is 0 Å². The topological polar surface area (TPSA) is 50.7 Å². The van der Waals surface area contributed by atoms with Crippen molar-refractivity contribution >= 4 is 0 Å². The lowest BCUT2D eigenvalue weighted by Crippen LogP contribution is -2.14. The maximum Gasteiger partial charge on any atom is 0.161 e. The summed E-state index contributed by atoms with van der Waals surface area (Å²) in [7, 11) is 1.59. The fourth-order valence-corrected chi connectivity index (χ4v) is 2.48. The Balaban J connectivity index is 1.87. The van der Waals surface area contributed by atoms with Crippen molar-refractivity contribution in [3.63, 3.8) is 0 Å². The van der Waals surface area contributed by atoms with E-state index in [0.29, 0.717) is 17.1 Å². The molecule has 0 aliphatic heterocycles. The fourth-order valence-electron chi connectivity index (χ4n) is 2.48. The Morgan fingerprint density at radius 3 is 2.64 bits per heavy atom. The van der Waals surface area contributed by atoms with Gasteiger partial charge in [-0.2, -0.15) is 0 Å². The van der Waals surface area contributed by atoms with Crippen molar-refractivity contribution in [1.29, 1.82) is 0 Å². The van der Waals surface area contributed by atoms with Crippen molar-refractivity contribution in [1.82, 2.24) is 5.32 Å². The average Bonchev–Trinajstić information content (AvgIpc) is 2.64. The minimum absolute atomic E-state index is 0.158. The third kappa shape index (κ3) is 6.36. The van der Waals surface area contributed by atoms with Crippen molar-refractivity contribution < 1.29 is 19.0 Å². The van der Waals surface area contributed by atoms with Gasteiger partial charge in [-0.3, -0.25) is 0 Å². The van der Waals surface area contributed by atoms with Crippen molar-refractivity contribution in [2.24, 2.45) is 0 Å². The number of nitrogens with one attached hydrogen (secondary N) is 1. The second-order valence-electron chi connectivity index (χ2n) is 5.83. The zero-order chi connectivity index (χ0) is 17.9. The molecular formula is C20H26FNO3. The molecule has 0 bridgehead atoms. The molecule has 0 atom stereocenters. The first kappa shape index (κ1) is 19.2. The molecule has 2 aromatic rings. The van der Waals surface area contributed by atoms with Gasteiger partial charge in [-0.25, -0.2) is 4.39 Å². The van der Waals surface area contributed by atoms with E-state index in [1.165, 1.54) is 6.07 Å². The summed E-state index contributed by atoms with van der Waals surface area (Å²) in [4.78, 5) is 0. The van der Waals surface area contributed by atoms with Crippen LogP contribution in [0.2, 0.25) is 0 Å². The van der Waals surface area contributed by atoms with Gasteiger partial charge < -0.3 is 19.9 Å². The highest BCUT2D eigenvalue weighted by Gasteiger charge is 2.08. The average molecular weight is 347 g/mol. The molecule has 0 radical (unpaired) electrons. The number of aliphatic hydroxyl groups excluding tert-OH is 1. The molecule has 136 valence electrons. The van der Waals surface area contributed by atoms with Gasteiger partial charge in [0.2, 0.25) is 0 Å². The van der Waals surface area contributed by atoms with Gasteiger partial charge in [-0.1, -0.05) is 24.3 Å². The molecule has 0 unspecified atom stereocenters. The van der Waals surface area contributed by atoms with E-state index < -0.39 is 0 Å². The second kappa shape index (κ2) is 10.7. The van der Waals surface area contributed by atoms with Gasteiger partial charge in [0.15, 0.2) is 11.5 Å². The summed E-state index contributed by atoms with van der Waals surface area (Å²) in [5.74, 6) is 0.955. The van der Waals surface area contributed by atoms with E-state index in [-0.39, 0.29) is 19.0 Å². The van der Waals surface area contributed by atoms with Crippen molar-refractivity contribution in [2.75, 3.05) is 20.3 Å². The Hall–Kier alpha value is -2.11. The third-order valence-electron chi connectivity index (χ3n) is 3.91. The quantitative estimate of drug-likeness (QED) is 0.609. The number of unbranched alkanes of at least 4 members (excludes halogenated alkanes) is 2. The van der Waals surface area contributed by atoms with E-state index in [2.05, 4.69) is 5.32 Å². The van der Waals surface area contributed by atoms with Gasteiger partial charge in [0.05, 0.1) is 7.11 Å². The first-order valence-electron chi connectivity index (χ1n) is 8.59. The number of aliphatic hydroxyl groups is 1. The Morgan fingerprint density at radius 1 is 1.04 bits per heavy atom. The first-order valence-corrected chi connectivity index (χ1v) is 8.59. The predicted molar refractivity (Wildman–Crippen MR) is 96.4 cm³/mol. The van der Waals surface area contributed by atoms with Crippen molar-refractivity contribution in [3.05, 3.63) is 59.4 Å². The molecule has 0 saturated heterocycles. The number of rotatable bonds is 11. The largest absolute Gasteiger partial charge is 0.493 e. The van der Waals surface area contributed by atoms with Crippen molar-refractivity contribution in [3.8, 4) is 11.5 Å². The fraction of sp³-hybridized carbons (Fsp3) is 0.400. The molecule has 25 heavy (non-hydrogen) atoms. The molecule has 0 amide bonds. The Bertz CT molecular complexity index is 649. The van der Waals surface area contributed by atoms with E-state index in [4.69, 9.17) is 14.6 Å². The number of hydrogen-bond donors (Lipinski definition) is 2. The Labute approximate surface area is 148 Å². The summed E-state index contributed by atoms with van der Waals surface area (Å²) in [6.45, 7) is 2.06. The number of hydrogen-bond acceptors (Lipinski definition) is 4. The highest BCUT2D eigenvalue weighted by atomic mass is 19.1. The molecule has 0 spiro atoms. The molecule has 2 N–H and O–H groups in total. The van der Waals surface area contributed by atoms with E-state index >= 15 is 0 Å². The van der Waals surface area contributed by atoms with Crippen molar-refractivity contribution in [2.45, 2.75) is 32.4 Å². The SMILES string of the molecule is COc1cc(CNCCCCCO)ccc1OCc1ccccc1F. The lowest BCUT2D eigenvalue weighted by Gasteiger charge is -2.13. The maximum atomic E-state index is 13.7. The van der Waals surface area contributed by atoms with Crippen LogP contribution in [-0.4, -0.2) is 25.4 Å². The molecule has 5 heteroatoms. The Kier molecular flexibility index (Phi) is 8.22. The lowest BCUT2D eigenvalue weighted by molar-refractivity contribution is 0.279. The van der Waals surface area contributed by atoms with Gasteiger partial charge in [0, 0.05) is 18.7 Å². The summed E-state index contributed by atoms with van der Waals surface area (Å²) in [5, 5.41) is 12.1. The summed E-state index contributed by atoms with van der Waals surface area (Å²) in [5.41, 5.74) is 1.61. The molecule has 2 rings (SSSR count). The molecule has 0 aliphatic rings. The van der Waals surface area contributed by atoms with Crippen LogP contribution < -0.4 is 14.8 Å². The standard InChI is InChI=1S/C20H26FNO3/c1-24-20-13-16(14-22-11-5-2-6-12-23)9-10-19(20)25-15-17-7-3-4-8-18(17)21/h3-4,7-10,13,22-23H,2,5-6,11-12,14-15H2,1H3. The minimum Gasteiger partial charge on any atom is -0.493 e. The van der Waals surface area contributed by atoms with Crippen LogP contribution in [-0.2, 0) is 13.2 Å². The van der Waals surface area contributed by atoms with Crippen LogP contribution in [0.25, 0.3) is 0 Å². The van der Waals surface area contributed by atoms with Crippen LogP contribution in [0.15, 0.2) is 42.5 Å². The molecule has 4 nitrogen and oxygen atoms in total. The molecule has 0 fully saturated rings. The number of halogens is 1. The third-order valence-corrected chi connectivity index (χ3v) is 3.91. The molecule has 0 aliphatic carbocycles. The summed E-state index contributed by atoms with van der Waals surface area (Å²) >= 11 is 0. The van der Waals surface area contributed by atoms with E-state index in [1.54, 1.807) is 25.3 Å². The first-order chi connectivity index (χ1) is 12.2. The second-order valence-corrected chi connectivity index (χ2v) is 5.83. The molecule has 2 aromatic carbocycles. The lowest BCUT2D eigenvalue weighted by atomic mass is 10.2. The highest BCUT2D eigenvalue weighted by molar-refractivity contribution is 5.43. The number of benzene rings is 2. The maximum absolute atomic E-state index is 13.7. The zero-order valence-electron chi connectivity index (χ0n) is 14.6. The smallest absolute Gasteiger partial charge is 0.161 e.